The Hall–Kier alpha value is -1.19. The average Bonchev–Trinajstić information content (AvgIpc) is 2.34. The van der Waals surface area contributed by atoms with Gasteiger partial charge in [0.05, 0.1) is 23.7 Å². The first kappa shape index (κ1) is 9.89. The van der Waals surface area contributed by atoms with Crippen molar-refractivity contribution in [1.29, 1.82) is 5.26 Å². The molecule has 13 heavy (non-hydrogen) atoms. The normalized spacial score (nSPS) is 9.92. The zero-order chi connectivity index (χ0) is 9.84. The lowest BCUT2D eigenvalue weighted by molar-refractivity contribution is 0.270. The van der Waals surface area contributed by atoms with Crippen molar-refractivity contribution in [3.05, 3.63) is 5.69 Å². The number of hydrogen-bond donors (Lipinski definition) is 2. The minimum absolute atomic E-state index is 0.0119. The minimum Gasteiger partial charge on any atom is -0.394 e. The van der Waals surface area contributed by atoms with Gasteiger partial charge in [-0.05, 0) is 18.7 Å². The molecule has 0 unspecified atom stereocenters. The maximum absolute atomic E-state index is 8.69. The highest BCUT2D eigenvalue weighted by molar-refractivity contribution is 8.03. The molecule has 3 N–H and O–H groups in total. The smallest absolute Gasteiger partial charge is 0.138 e. The van der Waals surface area contributed by atoms with Gasteiger partial charge in [0.25, 0.3) is 0 Å². The molecule has 0 fully saturated rings. The summed E-state index contributed by atoms with van der Waals surface area (Å²) in [7, 11) is 0. The lowest BCUT2D eigenvalue weighted by Gasteiger charge is -1.99. The molecule has 6 heteroatoms. The van der Waals surface area contributed by atoms with Crippen molar-refractivity contribution in [1.82, 2.24) is 9.78 Å². The summed E-state index contributed by atoms with van der Waals surface area (Å²) in [5.41, 5.74) is 6.41. The first-order valence-corrected chi connectivity index (χ1v) is 4.52. The number of aliphatic hydroxyl groups is 1. The summed E-state index contributed by atoms with van der Waals surface area (Å²) < 4.78 is 1.50. The van der Waals surface area contributed by atoms with Crippen LogP contribution in [0.3, 0.4) is 0 Å². The summed E-state index contributed by atoms with van der Waals surface area (Å²) in [6.07, 6.45) is 0. The van der Waals surface area contributed by atoms with E-state index in [4.69, 9.17) is 16.1 Å². The van der Waals surface area contributed by atoms with Crippen molar-refractivity contribution >= 4 is 17.6 Å². The van der Waals surface area contributed by atoms with Crippen molar-refractivity contribution in [3.63, 3.8) is 0 Å². The van der Waals surface area contributed by atoms with Gasteiger partial charge in [0.15, 0.2) is 0 Å². The number of rotatable bonds is 3. The van der Waals surface area contributed by atoms with E-state index in [1.165, 1.54) is 4.68 Å². The number of nitrogen functional groups attached to an aromatic ring is 1. The Kier molecular flexibility index (Phi) is 3.17. The largest absolute Gasteiger partial charge is 0.394 e. The molecule has 0 saturated carbocycles. The predicted octanol–water partition coefficient (Wildman–Crippen LogP) is 0.339. The average molecular weight is 198 g/mol. The van der Waals surface area contributed by atoms with Gasteiger partial charge in [-0.2, -0.15) is 10.4 Å². The molecule has 1 heterocycles. The minimum atomic E-state index is -0.0119. The Morgan fingerprint density at radius 3 is 3.00 bits per heavy atom. The van der Waals surface area contributed by atoms with E-state index in [1.54, 1.807) is 6.92 Å². The second-order valence-corrected chi connectivity index (χ2v) is 3.23. The van der Waals surface area contributed by atoms with E-state index in [1.807, 2.05) is 5.40 Å². The number of thiocyanates is 1. The lowest BCUT2D eigenvalue weighted by atomic mass is 10.5. The standard InChI is InChI=1S/C7H10N4OS/c1-5-6(13-4-8)7(9)11(10-5)2-3-12/h12H,2-3,9H2,1H3. The molecule has 0 atom stereocenters. The number of aryl methyl sites for hydroxylation is 1. The zero-order valence-electron chi connectivity index (χ0n) is 7.19. The van der Waals surface area contributed by atoms with Crippen LogP contribution in [0.5, 0.6) is 0 Å². The molecular formula is C7H10N4OS. The van der Waals surface area contributed by atoms with Gasteiger partial charge in [-0.15, -0.1) is 0 Å². The molecule has 0 aliphatic rings. The van der Waals surface area contributed by atoms with Crippen LogP contribution in [0, 0.1) is 17.6 Å². The van der Waals surface area contributed by atoms with Gasteiger partial charge in [0.1, 0.15) is 11.2 Å². The van der Waals surface area contributed by atoms with Crippen molar-refractivity contribution in [2.24, 2.45) is 0 Å². The van der Waals surface area contributed by atoms with Gasteiger partial charge in [-0.1, -0.05) is 0 Å². The third-order valence-electron chi connectivity index (χ3n) is 1.57. The van der Waals surface area contributed by atoms with E-state index >= 15 is 0 Å². The first-order valence-electron chi connectivity index (χ1n) is 3.70. The molecule has 1 rings (SSSR count). The predicted molar refractivity (Wildman–Crippen MR) is 49.9 cm³/mol. The van der Waals surface area contributed by atoms with E-state index in [2.05, 4.69) is 5.10 Å². The maximum Gasteiger partial charge on any atom is 0.138 e. The fourth-order valence-electron chi connectivity index (χ4n) is 1.02. The fourth-order valence-corrected chi connectivity index (χ4v) is 1.51. The molecule has 1 aromatic rings. The quantitative estimate of drug-likeness (QED) is 0.540. The third kappa shape index (κ3) is 1.94. The molecule has 5 nitrogen and oxygen atoms in total. The first-order chi connectivity index (χ1) is 6.20. The number of aromatic nitrogens is 2. The van der Waals surface area contributed by atoms with Gasteiger partial charge < -0.3 is 10.8 Å². The van der Waals surface area contributed by atoms with E-state index in [9.17, 15) is 0 Å². The van der Waals surface area contributed by atoms with Crippen LogP contribution in [-0.4, -0.2) is 21.5 Å². The Morgan fingerprint density at radius 2 is 2.46 bits per heavy atom. The van der Waals surface area contributed by atoms with Crippen molar-refractivity contribution in [2.45, 2.75) is 18.4 Å². The van der Waals surface area contributed by atoms with Crippen molar-refractivity contribution < 1.29 is 5.11 Å². The summed E-state index contributed by atoms with van der Waals surface area (Å²) in [6.45, 7) is 2.13. The van der Waals surface area contributed by atoms with Gasteiger partial charge in [-0.3, -0.25) is 0 Å². The Morgan fingerprint density at radius 1 is 1.77 bits per heavy atom. The molecule has 0 aliphatic carbocycles. The monoisotopic (exact) mass is 198 g/mol. The summed E-state index contributed by atoms with van der Waals surface area (Å²) >= 11 is 0.991. The molecule has 1 aromatic heterocycles. The summed E-state index contributed by atoms with van der Waals surface area (Å²) in [5.74, 6) is 0.443. The number of nitrogens with zero attached hydrogens (tertiary/aromatic N) is 3. The summed E-state index contributed by atoms with van der Waals surface area (Å²) in [4.78, 5) is 0.677. The topological polar surface area (TPSA) is 87.9 Å². The molecule has 0 amide bonds. The van der Waals surface area contributed by atoms with E-state index in [-0.39, 0.29) is 6.61 Å². The maximum atomic E-state index is 8.69. The van der Waals surface area contributed by atoms with Crippen LogP contribution in [0.2, 0.25) is 0 Å². The molecule has 0 radical (unpaired) electrons. The number of nitriles is 1. The SMILES string of the molecule is Cc1nn(CCO)c(N)c1SC#N. The molecule has 0 bridgehead atoms. The number of anilines is 1. The molecule has 0 saturated heterocycles. The van der Waals surface area contributed by atoms with Gasteiger partial charge in [-0.25, -0.2) is 4.68 Å². The van der Waals surface area contributed by atoms with Crippen LogP contribution in [0.15, 0.2) is 4.90 Å². The van der Waals surface area contributed by atoms with Crippen LogP contribution < -0.4 is 5.73 Å². The van der Waals surface area contributed by atoms with Gasteiger partial charge in [0.2, 0.25) is 0 Å². The van der Waals surface area contributed by atoms with E-state index < -0.39 is 0 Å². The van der Waals surface area contributed by atoms with Crippen molar-refractivity contribution in [3.8, 4) is 5.40 Å². The van der Waals surface area contributed by atoms with Crippen LogP contribution in [0.4, 0.5) is 5.82 Å². The molecule has 70 valence electrons. The second kappa shape index (κ2) is 4.16. The highest BCUT2D eigenvalue weighted by Gasteiger charge is 2.11. The lowest BCUT2D eigenvalue weighted by Crippen LogP contribution is -2.07. The van der Waals surface area contributed by atoms with Crippen LogP contribution in [-0.2, 0) is 6.54 Å². The second-order valence-electron chi connectivity index (χ2n) is 2.44. The Labute approximate surface area is 80.1 Å². The summed E-state index contributed by atoms with van der Waals surface area (Å²) in [5, 5.41) is 23.2. The Balaban J connectivity index is 3.01. The molecule has 0 spiro atoms. The van der Waals surface area contributed by atoms with Crippen molar-refractivity contribution in [2.75, 3.05) is 12.3 Å². The number of thioether (sulfide) groups is 1. The zero-order valence-corrected chi connectivity index (χ0v) is 8.01. The van der Waals surface area contributed by atoms with Crippen LogP contribution in [0.25, 0.3) is 0 Å². The number of hydrogen-bond acceptors (Lipinski definition) is 5. The highest BCUT2D eigenvalue weighted by Crippen LogP contribution is 2.27. The van der Waals surface area contributed by atoms with Gasteiger partial charge >= 0.3 is 0 Å². The fraction of sp³-hybridized carbons (Fsp3) is 0.429. The van der Waals surface area contributed by atoms with Gasteiger partial charge in [0, 0.05) is 0 Å². The van der Waals surface area contributed by atoms with Crippen LogP contribution >= 0.6 is 11.8 Å². The molecular weight excluding hydrogens is 188 g/mol. The number of aliphatic hydroxyl groups excluding tert-OH is 1. The van der Waals surface area contributed by atoms with E-state index in [0.717, 1.165) is 17.5 Å². The summed E-state index contributed by atoms with van der Waals surface area (Å²) in [6, 6.07) is 0. The van der Waals surface area contributed by atoms with Crippen LogP contribution in [0.1, 0.15) is 5.69 Å². The molecule has 0 aromatic carbocycles. The molecule has 0 aliphatic heterocycles. The third-order valence-corrected chi connectivity index (χ3v) is 2.37. The number of nitrogens with two attached hydrogens (primary N) is 1. The van der Waals surface area contributed by atoms with E-state index in [0.29, 0.717) is 17.3 Å². The Bertz CT molecular complexity index is 341. The highest BCUT2D eigenvalue weighted by atomic mass is 32.2.